The second-order valence-corrected chi connectivity index (χ2v) is 5.47. The highest BCUT2D eigenvalue weighted by Gasteiger charge is 2.33. The van der Waals surface area contributed by atoms with Crippen molar-refractivity contribution in [3.63, 3.8) is 0 Å². The lowest BCUT2D eigenvalue weighted by Crippen LogP contribution is -2.11. The van der Waals surface area contributed by atoms with E-state index in [1.165, 1.54) is 12.1 Å². The molecule has 2 rings (SSSR count). The van der Waals surface area contributed by atoms with Gasteiger partial charge in [-0.1, -0.05) is 27.3 Å². The molecule has 0 bridgehead atoms. The van der Waals surface area contributed by atoms with Crippen LogP contribution in [0.2, 0.25) is 0 Å². The van der Waals surface area contributed by atoms with Crippen molar-refractivity contribution in [3.8, 4) is 0 Å². The van der Waals surface area contributed by atoms with Crippen molar-refractivity contribution in [2.24, 2.45) is 0 Å². The van der Waals surface area contributed by atoms with E-state index in [2.05, 4.69) is 26.2 Å². The summed E-state index contributed by atoms with van der Waals surface area (Å²) in [5.41, 5.74) is -0.231. The molecule has 0 aliphatic rings. The van der Waals surface area contributed by atoms with Gasteiger partial charge in [0.05, 0.1) is 12.1 Å². The van der Waals surface area contributed by atoms with E-state index in [4.69, 9.17) is 0 Å². The number of benzene rings is 1. The van der Waals surface area contributed by atoms with Gasteiger partial charge in [0, 0.05) is 21.2 Å². The van der Waals surface area contributed by atoms with Crippen LogP contribution in [0.3, 0.4) is 0 Å². The molecular formula is C11H8BrF3N2OS. The zero-order chi connectivity index (χ0) is 14.0. The minimum Gasteiger partial charge on any atom is -0.379 e. The first-order chi connectivity index (χ1) is 8.86. The smallest absolute Gasteiger partial charge is 0.379 e. The maximum absolute atomic E-state index is 12.8. The second-order valence-electron chi connectivity index (χ2n) is 3.71. The molecule has 0 radical (unpaired) electrons. The molecule has 2 N–H and O–H groups in total. The summed E-state index contributed by atoms with van der Waals surface area (Å²) in [5.74, 6) is 0. The zero-order valence-electron chi connectivity index (χ0n) is 9.34. The molecule has 102 valence electrons. The number of rotatable bonds is 3. The number of halogens is 4. The monoisotopic (exact) mass is 352 g/mol. The summed E-state index contributed by atoms with van der Waals surface area (Å²) in [7, 11) is 0. The summed E-state index contributed by atoms with van der Waals surface area (Å²) in [6.07, 6.45) is -4.43. The molecule has 0 fully saturated rings. The van der Waals surface area contributed by atoms with Crippen LogP contribution < -0.4 is 10.2 Å². The van der Waals surface area contributed by atoms with Crippen LogP contribution >= 0.6 is 27.3 Å². The largest absolute Gasteiger partial charge is 0.418 e. The van der Waals surface area contributed by atoms with Gasteiger partial charge in [-0.25, -0.2) is 0 Å². The maximum atomic E-state index is 12.8. The zero-order valence-corrected chi connectivity index (χ0v) is 11.7. The number of aromatic amines is 1. The van der Waals surface area contributed by atoms with Gasteiger partial charge in [0.1, 0.15) is 0 Å². The van der Waals surface area contributed by atoms with Gasteiger partial charge in [0.25, 0.3) is 0 Å². The van der Waals surface area contributed by atoms with Crippen LogP contribution in [-0.2, 0) is 12.7 Å². The molecule has 0 spiro atoms. The fourth-order valence-electron chi connectivity index (χ4n) is 1.50. The second kappa shape index (κ2) is 5.38. The number of aromatic nitrogens is 1. The summed E-state index contributed by atoms with van der Waals surface area (Å²) < 4.78 is 38.9. The Labute approximate surface area is 118 Å². The van der Waals surface area contributed by atoms with Gasteiger partial charge >= 0.3 is 11.0 Å². The molecule has 1 aromatic heterocycles. The summed E-state index contributed by atoms with van der Waals surface area (Å²) in [4.78, 5) is 13.2. The van der Waals surface area contributed by atoms with Crippen molar-refractivity contribution in [2.75, 3.05) is 5.32 Å². The summed E-state index contributed by atoms with van der Waals surface area (Å²) in [6.45, 7) is 0.123. The number of alkyl halides is 3. The van der Waals surface area contributed by atoms with Gasteiger partial charge < -0.3 is 10.3 Å². The summed E-state index contributed by atoms with van der Waals surface area (Å²) >= 11 is 4.10. The van der Waals surface area contributed by atoms with Crippen LogP contribution in [0, 0.1) is 0 Å². The highest BCUT2D eigenvalue weighted by Crippen LogP contribution is 2.36. The Morgan fingerprint density at radius 1 is 1.37 bits per heavy atom. The van der Waals surface area contributed by atoms with Crippen LogP contribution in [0.15, 0.2) is 32.8 Å². The maximum Gasteiger partial charge on any atom is 0.418 e. The first kappa shape index (κ1) is 14.1. The molecule has 1 heterocycles. The van der Waals surface area contributed by atoms with Gasteiger partial charge in [0.2, 0.25) is 0 Å². The number of H-pyrrole nitrogens is 1. The Hall–Kier alpha value is -1.28. The summed E-state index contributed by atoms with van der Waals surface area (Å²) in [5, 5.41) is 4.25. The third-order valence-electron chi connectivity index (χ3n) is 2.33. The van der Waals surface area contributed by atoms with Crippen LogP contribution in [0.25, 0.3) is 0 Å². The first-order valence-corrected chi connectivity index (χ1v) is 6.81. The highest BCUT2D eigenvalue weighted by molar-refractivity contribution is 9.10. The van der Waals surface area contributed by atoms with Gasteiger partial charge in [0.15, 0.2) is 0 Å². The van der Waals surface area contributed by atoms with Crippen molar-refractivity contribution in [1.82, 2.24) is 4.98 Å². The van der Waals surface area contributed by atoms with Crippen molar-refractivity contribution < 1.29 is 13.2 Å². The van der Waals surface area contributed by atoms with E-state index in [0.29, 0.717) is 10.2 Å². The lowest BCUT2D eigenvalue weighted by atomic mass is 10.1. The van der Waals surface area contributed by atoms with Crippen LogP contribution in [0.5, 0.6) is 0 Å². The van der Waals surface area contributed by atoms with Crippen LogP contribution in [0.4, 0.5) is 18.9 Å². The normalized spacial score (nSPS) is 11.6. The van der Waals surface area contributed by atoms with Crippen molar-refractivity contribution in [1.29, 1.82) is 0 Å². The number of nitrogens with one attached hydrogen (secondary N) is 2. The number of hydrogen-bond donors (Lipinski definition) is 2. The average molecular weight is 353 g/mol. The topological polar surface area (TPSA) is 44.9 Å². The van der Waals surface area contributed by atoms with Crippen molar-refractivity contribution >= 4 is 33.0 Å². The molecule has 1 aromatic carbocycles. The molecule has 0 unspecified atom stereocenters. The lowest BCUT2D eigenvalue weighted by Gasteiger charge is -2.14. The van der Waals surface area contributed by atoms with E-state index in [1.54, 1.807) is 5.38 Å². The van der Waals surface area contributed by atoms with Gasteiger partial charge in [-0.05, 0) is 18.2 Å². The SMILES string of the molecule is O=c1[nH]c(CNc2cc(Br)ccc2C(F)(F)F)cs1. The van der Waals surface area contributed by atoms with Gasteiger partial charge in [-0.2, -0.15) is 13.2 Å². The van der Waals surface area contributed by atoms with Gasteiger partial charge in [-0.3, -0.25) is 4.79 Å². The fourth-order valence-corrected chi connectivity index (χ4v) is 2.44. The van der Waals surface area contributed by atoms with E-state index in [9.17, 15) is 18.0 Å². The Morgan fingerprint density at radius 3 is 2.68 bits per heavy atom. The fraction of sp³-hybridized carbons (Fsp3) is 0.182. The molecule has 8 heteroatoms. The van der Waals surface area contributed by atoms with Crippen molar-refractivity contribution in [2.45, 2.75) is 12.7 Å². The first-order valence-electron chi connectivity index (χ1n) is 5.13. The molecule has 0 atom stereocenters. The Bertz CT molecular complexity index is 635. The van der Waals surface area contributed by atoms with E-state index in [1.807, 2.05) is 0 Å². The standard InChI is InChI=1S/C11H8BrF3N2OS/c12-6-1-2-8(11(13,14)15)9(3-6)16-4-7-5-19-10(18)17-7/h1-3,5,16H,4H2,(H,17,18). The number of thiazole rings is 1. The number of anilines is 1. The third-order valence-corrected chi connectivity index (χ3v) is 3.54. The summed E-state index contributed by atoms with van der Waals surface area (Å²) in [6, 6.07) is 3.69. The van der Waals surface area contributed by atoms with Crippen LogP contribution in [0.1, 0.15) is 11.3 Å². The minimum atomic E-state index is -4.43. The highest BCUT2D eigenvalue weighted by atomic mass is 79.9. The predicted molar refractivity (Wildman–Crippen MR) is 71.4 cm³/mol. The molecular weight excluding hydrogens is 345 g/mol. The quantitative estimate of drug-likeness (QED) is 0.881. The van der Waals surface area contributed by atoms with E-state index < -0.39 is 11.7 Å². The van der Waals surface area contributed by atoms with E-state index in [0.717, 1.165) is 17.4 Å². The third kappa shape index (κ3) is 3.60. The molecule has 2 aromatic rings. The molecule has 0 saturated heterocycles. The Balaban J connectivity index is 2.23. The van der Waals surface area contributed by atoms with Crippen LogP contribution in [-0.4, -0.2) is 4.98 Å². The molecule has 0 aliphatic carbocycles. The van der Waals surface area contributed by atoms with Crippen molar-refractivity contribution in [3.05, 3.63) is 49.0 Å². The Kier molecular flexibility index (Phi) is 4.00. The molecule has 0 aliphatic heterocycles. The minimum absolute atomic E-state index is 0.0334. The molecule has 0 amide bonds. The van der Waals surface area contributed by atoms with E-state index >= 15 is 0 Å². The average Bonchev–Trinajstić information content (AvgIpc) is 2.71. The van der Waals surface area contributed by atoms with Gasteiger partial charge in [-0.15, -0.1) is 0 Å². The predicted octanol–water partition coefficient (Wildman–Crippen LogP) is 3.83. The molecule has 0 saturated carbocycles. The number of hydrogen-bond acceptors (Lipinski definition) is 3. The molecule has 3 nitrogen and oxygen atoms in total. The molecule has 19 heavy (non-hydrogen) atoms. The van der Waals surface area contributed by atoms with E-state index in [-0.39, 0.29) is 17.1 Å². The Morgan fingerprint density at radius 2 is 2.11 bits per heavy atom. The lowest BCUT2D eigenvalue weighted by molar-refractivity contribution is -0.137.